The summed E-state index contributed by atoms with van der Waals surface area (Å²) in [6.45, 7) is 6.96. The molecule has 0 aromatic heterocycles. The summed E-state index contributed by atoms with van der Waals surface area (Å²) in [7, 11) is -3.86. The molecule has 0 radical (unpaired) electrons. The van der Waals surface area contributed by atoms with Gasteiger partial charge in [-0.15, -0.1) is 0 Å². The normalized spacial score (nSPS) is 11.6. The minimum atomic E-state index is -3.86. The average Bonchev–Trinajstić information content (AvgIpc) is 2.31. The maximum absolute atomic E-state index is 12.1. The Kier molecular flexibility index (Phi) is 5.26. The van der Waals surface area contributed by atoms with Gasteiger partial charge in [0.1, 0.15) is 6.61 Å². The van der Waals surface area contributed by atoms with Crippen LogP contribution in [-0.4, -0.2) is 20.8 Å². The molecule has 1 aromatic carbocycles. The fourth-order valence-electron chi connectivity index (χ4n) is 1.76. The van der Waals surface area contributed by atoms with Crippen molar-refractivity contribution in [3.8, 4) is 0 Å². The summed E-state index contributed by atoms with van der Waals surface area (Å²) >= 11 is 0. The first kappa shape index (κ1) is 15.9. The monoisotopic (exact) mass is 284 g/mol. The lowest BCUT2D eigenvalue weighted by Gasteiger charge is -2.10. The lowest BCUT2D eigenvalue weighted by molar-refractivity contribution is -0.121. The Morgan fingerprint density at radius 2 is 1.68 bits per heavy atom. The van der Waals surface area contributed by atoms with Crippen LogP contribution in [0.25, 0.3) is 0 Å². The first-order valence-electron chi connectivity index (χ1n) is 6.27. The lowest BCUT2D eigenvalue weighted by Crippen LogP contribution is -2.15. The van der Waals surface area contributed by atoms with E-state index in [-0.39, 0.29) is 17.3 Å². The van der Waals surface area contributed by atoms with Crippen LogP contribution in [0.1, 0.15) is 36.5 Å². The van der Waals surface area contributed by atoms with Gasteiger partial charge in [-0.05, 0) is 49.9 Å². The van der Waals surface area contributed by atoms with E-state index in [2.05, 4.69) is 0 Å². The van der Waals surface area contributed by atoms with Gasteiger partial charge in [0.15, 0.2) is 5.78 Å². The van der Waals surface area contributed by atoms with Crippen LogP contribution in [0.2, 0.25) is 0 Å². The fraction of sp³-hybridized carbons (Fsp3) is 0.500. The van der Waals surface area contributed by atoms with E-state index in [0.29, 0.717) is 18.4 Å². The quantitative estimate of drug-likeness (QED) is 0.754. The van der Waals surface area contributed by atoms with Gasteiger partial charge in [0.2, 0.25) is 0 Å². The first-order valence-corrected chi connectivity index (χ1v) is 7.67. The molecular formula is C14H20O4S. The number of benzene rings is 1. The Bertz CT molecular complexity index is 573. The molecule has 0 saturated carbocycles. The zero-order valence-corrected chi connectivity index (χ0v) is 12.6. The highest BCUT2D eigenvalue weighted by molar-refractivity contribution is 7.86. The molecule has 0 aliphatic carbocycles. The van der Waals surface area contributed by atoms with Gasteiger partial charge in [0, 0.05) is 6.42 Å². The van der Waals surface area contributed by atoms with Crippen LogP contribution in [0.3, 0.4) is 0 Å². The van der Waals surface area contributed by atoms with Crippen LogP contribution in [0.15, 0.2) is 17.0 Å². The van der Waals surface area contributed by atoms with Gasteiger partial charge in [0.25, 0.3) is 10.1 Å². The van der Waals surface area contributed by atoms with Crippen molar-refractivity contribution in [3.63, 3.8) is 0 Å². The van der Waals surface area contributed by atoms with E-state index in [0.717, 1.165) is 11.1 Å². The van der Waals surface area contributed by atoms with Crippen molar-refractivity contribution in [2.24, 2.45) is 0 Å². The van der Waals surface area contributed by atoms with Crippen LogP contribution in [0, 0.1) is 20.8 Å². The minimum absolute atomic E-state index is 0.139. The molecular weight excluding hydrogens is 264 g/mol. The predicted molar refractivity (Wildman–Crippen MR) is 73.7 cm³/mol. The second-order valence-electron chi connectivity index (χ2n) is 4.71. The third-order valence-electron chi connectivity index (χ3n) is 2.96. The molecule has 0 N–H and O–H groups in total. The smallest absolute Gasteiger partial charge is 0.297 e. The van der Waals surface area contributed by atoms with Crippen molar-refractivity contribution in [2.75, 3.05) is 6.61 Å². The van der Waals surface area contributed by atoms with Crippen LogP contribution in [0.5, 0.6) is 0 Å². The highest BCUT2D eigenvalue weighted by Crippen LogP contribution is 2.21. The van der Waals surface area contributed by atoms with E-state index >= 15 is 0 Å². The molecule has 0 bridgehead atoms. The molecule has 4 nitrogen and oxygen atoms in total. The maximum atomic E-state index is 12.1. The summed E-state index contributed by atoms with van der Waals surface area (Å²) in [5.41, 5.74) is 2.54. The number of carbonyl (C=O) groups is 1. The molecule has 0 amide bonds. The van der Waals surface area contributed by atoms with Crippen LogP contribution < -0.4 is 0 Å². The standard InChI is InChI=1S/C14H20O4S/c1-5-6-13(15)9-18-19(16,17)14-8-11(3)10(2)7-12(14)4/h7-8H,5-6,9H2,1-4H3. The highest BCUT2D eigenvalue weighted by Gasteiger charge is 2.20. The SMILES string of the molecule is CCCC(=O)COS(=O)(=O)c1cc(C)c(C)cc1C. The van der Waals surface area contributed by atoms with Crippen molar-refractivity contribution in [2.45, 2.75) is 45.4 Å². The predicted octanol–water partition coefficient (Wildman–Crippen LogP) is 2.69. The second-order valence-corrected chi connectivity index (χ2v) is 6.29. The summed E-state index contributed by atoms with van der Waals surface area (Å²) < 4.78 is 28.9. The van der Waals surface area contributed by atoms with E-state index in [4.69, 9.17) is 4.18 Å². The van der Waals surface area contributed by atoms with Crippen molar-refractivity contribution in [3.05, 3.63) is 28.8 Å². The molecule has 0 unspecified atom stereocenters. The molecule has 19 heavy (non-hydrogen) atoms. The molecule has 0 fully saturated rings. The molecule has 1 rings (SSSR count). The summed E-state index contributed by atoms with van der Waals surface area (Å²) in [6, 6.07) is 3.39. The summed E-state index contributed by atoms with van der Waals surface area (Å²) in [4.78, 5) is 11.5. The average molecular weight is 284 g/mol. The van der Waals surface area contributed by atoms with Gasteiger partial charge in [-0.25, -0.2) is 0 Å². The third kappa shape index (κ3) is 4.14. The molecule has 0 spiro atoms. The summed E-state index contributed by atoms with van der Waals surface area (Å²) in [5, 5.41) is 0. The number of hydrogen-bond acceptors (Lipinski definition) is 4. The van der Waals surface area contributed by atoms with Gasteiger partial charge in [0.05, 0.1) is 4.90 Å². The number of carbonyl (C=O) groups excluding carboxylic acids is 1. The number of aryl methyl sites for hydroxylation is 3. The molecule has 106 valence electrons. The number of rotatable bonds is 6. The van der Waals surface area contributed by atoms with E-state index in [1.165, 1.54) is 0 Å². The second kappa shape index (κ2) is 6.30. The fourth-order valence-corrected chi connectivity index (χ4v) is 2.95. The van der Waals surface area contributed by atoms with Crippen LogP contribution in [0.4, 0.5) is 0 Å². The van der Waals surface area contributed by atoms with Gasteiger partial charge >= 0.3 is 0 Å². The lowest BCUT2D eigenvalue weighted by atomic mass is 10.1. The Morgan fingerprint density at radius 3 is 2.26 bits per heavy atom. The molecule has 0 aliphatic rings. The molecule has 0 heterocycles. The van der Waals surface area contributed by atoms with Gasteiger partial charge in [-0.2, -0.15) is 8.42 Å². The Balaban J connectivity index is 2.95. The Labute approximate surface area is 114 Å². The van der Waals surface area contributed by atoms with Crippen molar-refractivity contribution < 1.29 is 17.4 Å². The Morgan fingerprint density at radius 1 is 1.11 bits per heavy atom. The molecule has 0 aliphatic heterocycles. The Hall–Kier alpha value is -1.20. The first-order chi connectivity index (χ1) is 8.77. The van der Waals surface area contributed by atoms with Crippen LogP contribution >= 0.6 is 0 Å². The van der Waals surface area contributed by atoms with Gasteiger partial charge < -0.3 is 0 Å². The summed E-state index contributed by atoms with van der Waals surface area (Å²) in [6.07, 6.45) is 1.02. The van der Waals surface area contributed by atoms with E-state index in [1.807, 2.05) is 20.8 Å². The van der Waals surface area contributed by atoms with Gasteiger partial charge in [-0.3, -0.25) is 8.98 Å². The molecule has 5 heteroatoms. The zero-order chi connectivity index (χ0) is 14.6. The van der Waals surface area contributed by atoms with Gasteiger partial charge in [-0.1, -0.05) is 13.0 Å². The molecule has 0 atom stereocenters. The zero-order valence-electron chi connectivity index (χ0n) is 11.8. The minimum Gasteiger partial charge on any atom is -0.297 e. The topological polar surface area (TPSA) is 60.4 Å². The van der Waals surface area contributed by atoms with Crippen molar-refractivity contribution in [1.82, 2.24) is 0 Å². The molecule has 0 saturated heterocycles. The maximum Gasteiger partial charge on any atom is 0.297 e. The van der Waals surface area contributed by atoms with Crippen LogP contribution in [-0.2, 0) is 19.1 Å². The number of hydrogen-bond donors (Lipinski definition) is 0. The van der Waals surface area contributed by atoms with E-state index in [1.54, 1.807) is 19.1 Å². The van der Waals surface area contributed by atoms with E-state index < -0.39 is 10.1 Å². The number of Topliss-reactive ketones (excluding diaryl/α,β-unsaturated/α-hetero) is 1. The molecule has 1 aromatic rings. The largest absolute Gasteiger partial charge is 0.297 e. The number of ketones is 1. The third-order valence-corrected chi connectivity index (χ3v) is 4.37. The summed E-state index contributed by atoms with van der Waals surface area (Å²) in [5.74, 6) is -0.201. The van der Waals surface area contributed by atoms with Crippen molar-refractivity contribution >= 4 is 15.9 Å². The van der Waals surface area contributed by atoms with E-state index in [9.17, 15) is 13.2 Å². The van der Waals surface area contributed by atoms with Crippen molar-refractivity contribution in [1.29, 1.82) is 0 Å². The highest BCUT2D eigenvalue weighted by atomic mass is 32.2.